The Morgan fingerprint density at radius 2 is 1.50 bits per heavy atom. The van der Waals surface area contributed by atoms with Crippen LogP contribution in [-0.2, 0) is 10.0 Å². The predicted molar refractivity (Wildman–Crippen MR) is 116 cm³/mol. The number of hydrogen-bond donors (Lipinski definition) is 2. The molecule has 0 aromatic heterocycles. The van der Waals surface area contributed by atoms with E-state index in [-0.39, 0.29) is 16.1 Å². The van der Waals surface area contributed by atoms with Crippen LogP contribution in [0.2, 0.25) is 10.0 Å². The van der Waals surface area contributed by atoms with Gasteiger partial charge in [-0.1, -0.05) is 51.3 Å². The van der Waals surface area contributed by atoms with Gasteiger partial charge in [0.15, 0.2) is 0 Å². The first-order valence-corrected chi connectivity index (χ1v) is 10.9. The third kappa shape index (κ3) is 5.05. The molecule has 28 heavy (non-hydrogen) atoms. The second-order valence-corrected chi connectivity index (χ2v) is 9.19. The fraction of sp³-hybridized carbons (Fsp3) is 0. The van der Waals surface area contributed by atoms with Crippen LogP contribution in [-0.4, -0.2) is 14.3 Å². The highest BCUT2D eigenvalue weighted by atomic mass is 79.9. The maximum absolute atomic E-state index is 12.7. The molecule has 3 aromatic carbocycles. The number of carbonyl (C=O) groups is 1. The van der Waals surface area contributed by atoms with Crippen molar-refractivity contribution in [1.29, 1.82) is 0 Å². The Bertz CT molecular complexity index is 1120. The smallest absolute Gasteiger partial charge is 0.261 e. The van der Waals surface area contributed by atoms with E-state index < -0.39 is 15.9 Å². The van der Waals surface area contributed by atoms with Gasteiger partial charge in [0, 0.05) is 20.2 Å². The first kappa shape index (κ1) is 20.7. The Balaban J connectivity index is 1.88. The van der Waals surface area contributed by atoms with Crippen molar-refractivity contribution in [2.24, 2.45) is 0 Å². The quantitative estimate of drug-likeness (QED) is 0.465. The average molecular weight is 500 g/mol. The predicted octanol–water partition coefficient (Wildman–Crippen LogP) is 5.81. The van der Waals surface area contributed by atoms with Crippen molar-refractivity contribution in [3.8, 4) is 0 Å². The number of para-hydroxylation sites is 1. The van der Waals surface area contributed by atoms with E-state index in [1.807, 2.05) is 0 Å². The summed E-state index contributed by atoms with van der Waals surface area (Å²) in [6.07, 6.45) is 0. The van der Waals surface area contributed by atoms with Gasteiger partial charge in [0.05, 0.1) is 16.1 Å². The standard InChI is InChI=1S/C19H13BrCl2N2O3S/c20-12-5-7-16(8-6-12)28(26,27)24-18-4-2-1-3-17(18)19(25)23-15-10-13(21)9-14(22)11-15/h1-11,24H,(H,23,25). The van der Waals surface area contributed by atoms with Crippen LogP contribution in [0.3, 0.4) is 0 Å². The molecule has 0 saturated carbocycles. The number of rotatable bonds is 5. The fourth-order valence-electron chi connectivity index (χ4n) is 2.41. The third-order valence-corrected chi connectivity index (χ3v) is 6.01. The SMILES string of the molecule is O=C(Nc1cc(Cl)cc(Cl)c1)c1ccccc1NS(=O)(=O)c1ccc(Br)cc1. The van der Waals surface area contributed by atoms with Gasteiger partial charge in [-0.25, -0.2) is 8.42 Å². The zero-order chi connectivity index (χ0) is 20.3. The van der Waals surface area contributed by atoms with Gasteiger partial charge in [-0.2, -0.15) is 0 Å². The summed E-state index contributed by atoms with van der Waals surface area (Å²) >= 11 is 15.2. The molecular weight excluding hydrogens is 487 g/mol. The minimum atomic E-state index is -3.87. The molecule has 0 bridgehead atoms. The second kappa shape index (κ2) is 8.53. The minimum absolute atomic E-state index is 0.0764. The van der Waals surface area contributed by atoms with E-state index in [1.165, 1.54) is 24.3 Å². The molecule has 0 fully saturated rings. The van der Waals surface area contributed by atoms with Crippen LogP contribution in [0.25, 0.3) is 0 Å². The van der Waals surface area contributed by atoms with Gasteiger partial charge < -0.3 is 5.32 Å². The lowest BCUT2D eigenvalue weighted by Gasteiger charge is -2.13. The summed E-state index contributed by atoms with van der Waals surface area (Å²) in [6.45, 7) is 0. The number of benzene rings is 3. The number of hydrogen-bond acceptors (Lipinski definition) is 3. The van der Waals surface area contributed by atoms with Gasteiger partial charge in [0.25, 0.3) is 15.9 Å². The first-order chi connectivity index (χ1) is 13.2. The van der Waals surface area contributed by atoms with E-state index in [0.717, 1.165) is 4.47 Å². The summed E-state index contributed by atoms with van der Waals surface area (Å²) in [5.41, 5.74) is 0.698. The van der Waals surface area contributed by atoms with Crippen LogP contribution in [0.5, 0.6) is 0 Å². The number of carbonyl (C=O) groups excluding carboxylic acids is 1. The van der Waals surface area contributed by atoms with Crippen molar-refractivity contribution in [2.75, 3.05) is 10.0 Å². The molecule has 0 spiro atoms. The molecular formula is C19H13BrCl2N2O3S. The Morgan fingerprint density at radius 1 is 0.893 bits per heavy atom. The average Bonchev–Trinajstić information content (AvgIpc) is 2.61. The van der Waals surface area contributed by atoms with Crippen molar-refractivity contribution in [2.45, 2.75) is 4.90 Å². The molecule has 144 valence electrons. The van der Waals surface area contributed by atoms with Gasteiger partial charge in [-0.3, -0.25) is 9.52 Å². The first-order valence-electron chi connectivity index (χ1n) is 7.89. The van der Waals surface area contributed by atoms with Gasteiger partial charge in [-0.15, -0.1) is 0 Å². The van der Waals surface area contributed by atoms with Crippen molar-refractivity contribution < 1.29 is 13.2 Å². The van der Waals surface area contributed by atoms with Crippen LogP contribution >= 0.6 is 39.1 Å². The van der Waals surface area contributed by atoms with Gasteiger partial charge in [0.2, 0.25) is 0 Å². The summed E-state index contributed by atoms with van der Waals surface area (Å²) in [7, 11) is -3.87. The molecule has 3 rings (SSSR count). The molecule has 9 heteroatoms. The molecule has 1 amide bonds. The van der Waals surface area contributed by atoms with E-state index >= 15 is 0 Å². The molecule has 0 unspecified atom stereocenters. The number of nitrogens with one attached hydrogen (secondary N) is 2. The highest BCUT2D eigenvalue weighted by molar-refractivity contribution is 9.10. The summed E-state index contributed by atoms with van der Waals surface area (Å²) in [4.78, 5) is 12.8. The van der Waals surface area contributed by atoms with E-state index in [9.17, 15) is 13.2 Å². The second-order valence-electron chi connectivity index (χ2n) is 5.72. The van der Waals surface area contributed by atoms with E-state index in [4.69, 9.17) is 23.2 Å². The van der Waals surface area contributed by atoms with Gasteiger partial charge >= 0.3 is 0 Å². The lowest BCUT2D eigenvalue weighted by atomic mass is 10.1. The van der Waals surface area contributed by atoms with Crippen LogP contribution in [0, 0.1) is 0 Å². The Labute approximate surface area is 180 Å². The van der Waals surface area contributed by atoms with Crippen LogP contribution in [0.15, 0.2) is 76.1 Å². The zero-order valence-corrected chi connectivity index (χ0v) is 18.0. The van der Waals surface area contributed by atoms with E-state index in [2.05, 4.69) is 26.0 Å². The maximum atomic E-state index is 12.7. The van der Waals surface area contributed by atoms with Crippen molar-refractivity contribution in [1.82, 2.24) is 0 Å². The number of anilines is 2. The minimum Gasteiger partial charge on any atom is -0.322 e. The Kier molecular flexibility index (Phi) is 6.30. The lowest BCUT2D eigenvalue weighted by Crippen LogP contribution is -2.18. The fourth-order valence-corrected chi connectivity index (χ4v) is 4.28. The summed E-state index contributed by atoms with van der Waals surface area (Å²) in [5.74, 6) is -0.507. The number of halogens is 3. The molecule has 0 radical (unpaired) electrons. The van der Waals surface area contributed by atoms with Crippen molar-refractivity contribution in [3.63, 3.8) is 0 Å². The summed E-state index contributed by atoms with van der Waals surface area (Å²) < 4.78 is 28.5. The number of amides is 1. The van der Waals surface area contributed by atoms with Crippen LogP contribution in [0.4, 0.5) is 11.4 Å². The van der Waals surface area contributed by atoms with Crippen LogP contribution < -0.4 is 10.0 Å². The summed E-state index contributed by atoms with van der Waals surface area (Å²) in [5, 5.41) is 3.40. The van der Waals surface area contributed by atoms with Crippen LogP contribution in [0.1, 0.15) is 10.4 Å². The van der Waals surface area contributed by atoms with E-state index in [0.29, 0.717) is 15.7 Å². The third-order valence-electron chi connectivity index (χ3n) is 3.66. The largest absolute Gasteiger partial charge is 0.322 e. The van der Waals surface area contributed by atoms with E-state index in [1.54, 1.807) is 42.5 Å². The Morgan fingerprint density at radius 3 is 2.14 bits per heavy atom. The summed E-state index contributed by atoms with van der Waals surface area (Å²) in [6, 6.07) is 17.1. The monoisotopic (exact) mass is 498 g/mol. The van der Waals surface area contributed by atoms with Gasteiger partial charge in [-0.05, 0) is 54.6 Å². The maximum Gasteiger partial charge on any atom is 0.261 e. The van der Waals surface area contributed by atoms with Crippen molar-refractivity contribution in [3.05, 3.63) is 86.8 Å². The highest BCUT2D eigenvalue weighted by Gasteiger charge is 2.19. The Hall–Kier alpha value is -2.06. The molecule has 0 atom stereocenters. The number of sulfonamides is 1. The zero-order valence-electron chi connectivity index (χ0n) is 14.1. The lowest BCUT2D eigenvalue weighted by molar-refractivity contribution is 0.102. The highest BCUT2D eigenvalue weighted by Crippen LogP contribution is 2.25. The van der Waals surface area contributed by atoms with Crippen molar-refractivity contribution >= 4 is 66.4 Å². The molecule has 0 saturated heterocycles. The molecule has 0 aliphatic heterocycles. The van der Waals surface area contributed by atoms with Gasteiger partial charge in [0.1, 0.15) is 0 Å². The molecule has 2 N–H and O–H groups in total. The normalized spacial score (nSPS) is 11.1. The molecule has 3 aromatic rings. The molecule has 5 nitrogen and oxygen atoms in total. The molecule has 0 heterocycles. The molecule has 0 aliphatic carbocycles. The topological polar surface area (TPSA) is 75.3 Å². The molecule has 0 aliphatic rings.